The van der Waals surface area contributed by atoms with Crippen LogP contribution in [0.25, 0.3) is 0 Å². The van der Waals surface area contributed by atoms with Crippen LogP contribution in [-0.2, 0) is 28.8 Å². The lowest BCUT2D eigenvalue weighted by molar-refractivity contribution is -0.185. The van der Waals surface area contributed by atoms with Crippen molar-refractivity contribution in [2.75, 3.05) is 44.8 Å². The summed E-state index contributed by atoms with van der Waals surface area (Å²) < 4.78 is 44.5. The molecule has 0 N–H and O–H groups in total. The molecule has 0 saturated heterocycles. The van der Waals surface area contributed by atoms with E-state index in [1.807, 2.05) is 0 Å². The second-order valence-corrected chi connectivity index (χ2v) is 7.50. The summed E-state index contributed by atoms with van der Waals surface area (Å²) in [7, 11) is 1.67. The fourth-order valence-corrected chi connectivity index (χ4v) is 4.77. The third-order valence-electron chi connectivity index (χ3n) is 5.08. The Bertz CT molecular complexity index is 694. The van der Waals surface area contributed by atoms with E-state index in [-0.39, 0.29) is 13.1 Å². The number of ether oxygens (including phenoxy) is 1. The van der Waals surface area contributed by atoms with Crippen LogP contribution in [0.15, 0.2) is 10.5 Å². The zero-order chi connectivity index (χ0) is 18.9. The first kappa shape index (κ1) is 19.5. The normalized spacial score (nSPS) is 17.6. The zero-order valence-corrected chi connectivity index (χ0v) is 16.3. The molecule has 8 heteroatoms. The maximum Gasteiger partial charge on any atom is 0.471 e. The van der Waals surface area contributed by atoms with Gasteiger partial charge in [-0.05, 0) is 58.3 Å². The number of amides is 1. The number of carbonyl (C=O) groups is 1. The van der Waals surface area contributed by atoms with Crippen molar-refractivity contribution in [3.63, 3.8) is 0 Å². The molecule has 1 aromatic rings. The highest BCUT2D eigenvalue weighted by Crippen LogP contribution is 2.40. The Balaban J connectivity index is 1.89. The molecule has 3 rings (SSSR count). The van der Waals surface area contributed by atoms with Crippen LogP contribution in [0.3, 0.4) is 0 Å². The summed E-state index contributed by atoms with van der Waals surface area (Å²) in [5.74, 6) is -1.74. The van der Waals surface area contributed by atoms with Crippen LogP contribution in [0, 0.1) is 0 Å². The molecule has 1 aromatic carbocycles. The van der Waals surface area contributed by atoms with Crippen molar-refractivity contribution >= 4 is 27.5 Å². The van der Waals surface area contributed by atoms with Crippen LogP contribution >= 0.6 is 15.9 Å². The number of aryl methyl sites for hydroxylation is 1. The van der Waals surface area contributed by atoms with Gasteiger partial charge in [0.05, 0.1) is 12.3 Å². The van der Waals surface area contributed by atoms with Crippen LogP contribution in [0.2, 0.25) is 0 Å². The maximum absolute atomic E-state index is 12.8. The largest absolute Gasteiger partial charge is 0.471 e. The fraction of sp³-hybridized carbons (Fsp3) is 0.611. The van der Waals surface area contributed by atoms with Gasteiger partial charge in [-0.15, -0.1) is 0 Å². The predicted molar refractivity (Wildman–Crippen MR) is 96.6 cm³/mol. The number of methoxy groups -OCH3 is 1. The van der Waals surface area contributed by atoms with Gasteiger partial charge >= 0.3 is 12.1 Å². The van der Waals surface area contributed by atoms with Crippen molar-refractivity contribution in [1.29, 1.82) is 0 Å². The molecule has 0 saturated carbocycles. The number of alkyl halides is 3. The summed E-state index contributed by atoms with van der Waals surface area (Å²) in [5, 5.41) is 0. The third-order valence-corrected chi connectivity index (χ3v) is 5.94. The van der Waals surface area contributed by atoms with Crippen molar-refractivity contribution < 1.29 is 22.7 Å². The average molecular weight is 435 g/mol. The smallest absolute Gasteiger partial charge is 0.383 e. The van der Waals surface area contributed by atoms with Gasteiger partial charge in [0.1, 0.15) is 0 Å². The van der Waals surface area contributed by atoms with E-state index >= 15 is 0 Å². The number of nitrogens with zero attached hydrogens (tertiary/aromatic N) is 2. The van der Waals surface area contributed by atoms with Gasteiger partial charge in [0, 0.05) is 37.8 Å². The molecule has 4 nitrogen and oxygen atoms in total. The van der Waals surface area contributed by atoms with Crippen LogP contribution in [0.1, 0.15) is 23.1 Å². The SMILES string of the molecule is COCCN1CCCc2cc3c(c(Br)c21)CCN(C(=O)C(F)(F)F)CC3. The summed E-state index contributed by atoms with van der Waals surface area (Å²) in [6.45, 7) is 2.52. The molecule has 0 radical (unpaired) electrons. The molecule has 0 unspecified atom stereocenters. The standard InChI is InChI=1S/C18H22BrF3N2O2/c1-26-10-9-23-6-2-3-13-11-12-4-7-24(17(25)18(20,21)22)8-5-14(12)15(19)16(13)23/h11H,2-10H2,1H3. The Labute approximate surface area is 159 Å². The molecule has 144 valence electrons. The van der Waals surface area contributed by atoms with Gasteiger partial charge in [0.25, 0.3) is 0 Å². The van der Waals surface area contributed by atoms with E-state index in [9.17, 15) is 18.0 Å². The van der Waals surface area contributed by atoms with Gasteiger partial charge in [0.15, 0.2) is 0 Å². The molecular formula is C18H22BrF3N2O2. The molecule has 0 aliphatic carbocycles. The van der Waals surface area contributed by atoms with E-state index in [0.29, 0.717) is 19.4 Å². The number of benzene rings is 1. The van der Waals surface area contributed by atoms with Gasteiger partial charge in [-0.3, -0.25) is 4.79 Å². The first-order valence-electron chi connectivity index (χ1n) is 8.76. The van der Waals surface area contributed by atoms with Gasteiger partial charge in [-0.25, -0.2) is 0 Å². The lowest BCUT2D eigenvalue weighted by Gasteiger charge is -2.33. The summed E-state index contributed by atoms with van der Waals surface area (Å²) in [5.41, 5.74) is 4.41. The van der Waals surface area contributed by atoms with Crippen molar-refractivity contribution in [2.45, 2.75) is 31.9 Å². The number of hydrogen-bond acceptors (Lipinski definition) is 3. The first-order valence-corrected chi connectivity index (χ1v) is 9.55. The highest BCUT2D eigenvalue weighted by Gasteiger charge is 2.42. The van der Waals surface area contributed by atoms with Crippen molar-refractivity contribution in [3.8, 4) is 0 Å². The van der Waals surface area contributed by atoms with Crippen LogP contribution in [0.5, 0.6) is 0 Å². The maximum atomic E-state index is 12.8. The summed E-state index contributed by atoms with van der Waals surface area (Å²) in [6.07, 6.45) is -1.95. The summed E-state index contributed by atoms with van der Waals surface area (Å²) in [6, 6.07) is 2.12. The lowest BCUT2D eigenvalue weighted by Crippen LogP contribution is -2.42. The van der Waals surface area contributed by atoms with E-state index in [1.54, 1.807) is 7.11 Å². The number of rotatable bonds is 3. The molecule has 1 amide bonds. The highest BCUT2D eigenvalue weighted by atomic mass is 79.9. The summed E-state index contributed by atoms with van der Waals surface area (Å²) in [4.78, 5) is 14.8. The number of fused-ring (bicyclic) bond motifs is 2. The minimum atomic E-state index is -4.82. The zero-order valence-electron chi connectivity index (χ0n) is 14.7. The van der Waals surface area contributed by atoms with E-state index in [1.165, 1.54) is 5.56 Å². The monoisotopic (exact) mass is 434 g/mol. The predicted octanol–water partition coefficient (Wildman–Crippen LogP) is 3.34. The molecule has 2 heterocycles. The quantitative estimate of drug-likeness (QED) is 0.731. The number of halogens is 4. The minimum absolute atomic E-state index is 0.0841. The molecule has 0 bridgehead atoms. The van der Waals surface area contributed by atoms with E-state index in [0.717, 1.165) is 52.1 Å². The topological polar surface area (TPSA) is 32.8 Å². The van der Waals surface area contributed by atoms with Crippen LogP contribution < -0.4 is 4.90 Å². The highest BCUT2D eigenvalue weighted by molar-refractivity contribution is 9.10. The van der Waals surface area contributed by atoms with E-state index < -0.39 is 12.1 Å². The number of hydrogen-bond donors (Lipinski definition) is 0. The van der Waals surface area contributed by atoms with E-state index in [2.05, 4.69) is 26.9 Å². The molecule has 26 heavy (non-hydrogen) atoms. The Hall–Kier alpha value is -1.28. The Morgan fingerprint density at radius 1 is 1.19 bits per heavy atom. The molecule has 2 aliphatic heterocycles. The van der Waals surface area contributed by atoms with Gasteiger partial charge in [0.2, 0.25) is 0 Å². The van der Waals surface area contributed by atoms with Gasteiger partial charge < -0.3 is 14.5 Å². The van der Waals surface area contributed by atoms with Gasteiger partial charge in [-0.1, -0.05) is 6.07 Å². The van der Waals surface area contributed by atoms with E-state index in [4.69, 9.17) is 4.74 Å². The number of anilines is 1. The summed E-state index contributed by atoms with van der Waals surface area (Å²) >= 11 is 3.71. The van der Waals surface area contributed by atoms with Crippen LogP contribution in [0.4, 0.5) is 18.9 Å². The molecular weight excluding hydrogens is 413 g/mol. The fourth-order valence-electron chi connectivity index (χ4n) is 3.81. The second kappa shape index (κ2) is 7.76. The van der Waals surface area contributed by atoms with Crippen molar-refractivity contribution in [2.24, 2.45) is 0 Å². The first-order chi connectivity index (χ1) is 12.3. The Morgan fingerprint density at radius 3 is 2.62 bits per heavy atom. The molecule has 0 spiro atoms. The second-order valence-electron chi connectivity index (χ2n) is 6.71. The molecule has 0 atom stereocenters. The van der Waals surface area contributed by atoms with Crippen LogP contribution in [-0.4, -0.2) is 56.9 Å². The number of carbonyl (C=O) groups excluding carboxylic acids is 1. The lowest BCUT2D eigenvalue weighted by atomic mass is 9.93. The Kier molecular flexibility index (Phi) is 5.81. The van der Waals surface area contributed by atoms with Crippen molar-refractivity contribution in [1.82, 2.24) is 4.90 Å². The third kappa shape index (κ3) is 3.86. The molecule has 0 aromatic heterocycles. The molecule has 0 fully saturated rings. The van der Waals surface area contributed by atoms with Gasteiger partial charge in [-0.2, -0.15) is 13.2 Å². The van der Waals surface area contributed by atoms with Crippen molar-refractivity contribution in [3.05, 3.63) is 27.2 Å². The molecule has 2 aliphatic rings. The Morgan fingerprint density at radius 2 is 1.92 bits per heavy atom. The average Bonchev–Trinajstić information content (AvgIpc) is 2.81. The minimum Gasteiger partial charge on any atom is -0.383 e.